The molecule has 1 heterocycles. The predicted octanol–water partition coefficient (Wildman–Crippen LogP) is 2.04. The number of urea groups is 1. The minimum atomic E-state index is 0.0458. The molecule has 1 saturated heterocycles. The van der Waals surface area contributed by atoms with Gasteiger partial charge in [-0.2, -0.15) is 0 Å². The SMILES string of the molecule is Cc1cc(C)c(C)c(CNC(=O)N2CCNCC2)c1C. The van der Waals surface area contributed by atoms with Gasteiger partial charge >= 0.3 is 6.03 Å². The van der Waals surface area contributed by atoms with Crippen molar-refractivity contribution in [3.05, 3.63) is 33.9 Å². The van der Waals surface area contributed by atoms with Crippen LogP contribution in [-0.2, 0) is 6.54 Å². The van der Waals surface area contributed by atoms with E-state index < -0.39 is 0 Å². The molecule has 0 bridgehead atoms. The van der Waals surface area contributed by atoms with E-state index in [1.165, 1.54) is 27.8 Å². The summed E-state index contributed by atoms with van der Waals surface area (Å²) in [5.74, 6) is 0. The van der Waals surface area contributed by atoms with Crippen molar-refractivity contribution >= 4 is 6.03 Å². The van der Waals surface area contributed by atoms with Gasteiger partial charge in [-0.1, -0.05) is 6.07 Å². The number of nitrogens with zero attached hydrogens (tertiary/aromatic N) is 1. The monoisotopic (exact) mass is 275 g/mol. The molecular weight excluding hydrogens is 250 g/mol. The Morgan fingerprint density at radius 1 is 1.15 bits per heavy atom. The third-order valence-electron chi connectivity index (χ3n) is 4.34. The van der Waals surface area contributed by atoms with Gasteiger partial charge < -0.3 is 15.5 Å². The fourth-order valence-corrected chi connectivity index (χ4v) is 2.71. The zero-order valence-electron chi connectivity index (χ0n) is 13.0. The minimum Gasteiger partial charge on any atom is -0.334 e. The van der Waals surface area contributed by atoms with Crippen molar-refractivity contribution in [2.75, 3.05) is 26.2 Å². The Kier molecular flexibility index (Phi) is 4.65. The van der Waals surface area contributed by atoms with E-state index in [4.69, 9.17) is 0 Å². The third-order valence-corrected chi connectivity index (χ3v) is 4.34. The predicted molar refractivity (Wildman–Crippen MR) is 82.1 cm³/mol. The normalized spacial score (nSPS) is 15.3. The second-order valence-electron chi connectivity index (χ2n) is 5.63. The molecule has 1 aliphatic rings. The molecule has 0 aromatic heterocycles. The standard InChI is InChI=1S/C16H25N3O/c1-11-9-12(2)14(4)15(13(11)3)10-18-16(20)19-7-5-17-6-8-19/h9,17H,5-8,10H2,1-4H3,(H,18,20). The summed E-state index contributed by atoms with van der Waals surface area (Å²) in [4.78, 5) is 14.0. The maximum atomic E-state index is 12.2. The molecule has 0 unspecified atom stereocenters. The largest absolute Gasteiger partial charge is 0.334 e. The summed E-state index contributed by atoms with van der Waals surface area (Å²) < 4.78 is 0. The highest BCUT2D eigenvalue weighted by Gasteiger charge is 2.16. The number of hydrogen-bond acceptors (Lipinski definition) is 2. The number of aryl methyl sites for hydroxylation is 2. The lowest BCUT2D eigenvalue weighted by atomic mass is 9.94. The number of hydrogen-bond donors (Lipinski definition) is 2. The Morgan fingerprint density at radius 3 is 2.25 bits per heavy atom. The molecule has 4 nitrogen and oxygen atoms in total. The number of amides is 2. The van der Waals surface area contributed by atoms with Gasteiger partial charge in [-0.05, 0) is 55.5 Å². The molecule has 0 aliphatic carbocycles. The van der Waals surface area contributed by atoms with Gasteiger partial charge in [-0.25, -0.2) is 4.79 Å². The molecular formula is C16H25N3O. The zero-order valence-corrected chi connectivity index (χ0v) is 13.0. The van der Waals surface area contributed by atoms with E-state index in [9.17, 15) is 4.79 Å². The van der Waals surface area contributed by atoms with Gasteiger partial charge in [0.2, 0.25) is 0 Å². The van der Waals surface area contributed by atoms with Crippen LogP contribution in [0.3, 0.4) is 0 Å². The van der Waals surface area contributed by atoms with Gasteiger partial charge in [0.1, 0.15) is 0 Å². The van der Waals surface area contributed by atoms with Crippen LogP contribution in [0.25, 0.3) is 0 Å². The number of carbonyl (C=O) groups is 1. The number of piperazine rings is 1. The van der Waals surface area contributed by atoms with E-state index in [-0.39, 0.29) is 6.03 Å². The molecule has 20 heavy (non-hydrogen) atoms. The van der Waals surface area contributed by atoms with E-state index in [0.717, 1.165) is 26.2 Å². The number of carbonyl (C=O) groups excluding carboxylic acids is 1. The molecule has 0 radical (unpaired) electrons. The van der Waals surface area contributed by atoms with Gasteiger partial charge in [-0.3, -0.25) is 0 Å². The topological polar surface area (TPSA) is 44.4 Å². The summed E-state index contributed by atoms with van der Waals surface area (Å²) in [5.41, 5.74) is 6.41. The summed E-state index contributed by atoms with van der Waals surface area (Å²) >= 11 is 0. The van der Waals surface area contributed by atoms with Crippen LogP contribution >= 0.6 is 0 Å². The molecule has 2 rings (SSSR count). The van der Waals surface area contributed by atoms with Crippen LogP contribution in [0.5, 0.6) is 0 Å². The molecule has 4 heteroatoms. The van der Waals surface area contributed by atoms with E-state index >= 15 is 0 Å². The number of benzene rings is 1. The highest BCUT2D eigenvalue weighted by atomic mass is 16.2. The van der Waals surface area contributed by atoms with Crippen molar-refractivity contribution in [1.82, 2.24) is 15.5 Å². The zero-order chi connectivity index (χ0) is 14.7. The Labute approximate surface area is 121 Å². The Morgan fingerprint density at radius 2 is 1.70 bits per heavy atom. The number of rotatable bonds is 2. The molecule has 0 spiro atoms. The highest BCUT2D eigenvalue weighted by Crippen LogP contribution is 2.21. The van der Waals surface area contributed by atoms with Crippen LogP contribution in [-0.4, -0.2) is 37.1 Å². The lowest BCUT2D eigenvalue weighted by Gasteiger charge is -2.28. The quantitative estimate of drug-likeness (QED) is 0.867. The minimum absolute atomic E-state index is 0.0458. The highest BCUT2D eigenvalue weighted by molar-refractivity contribution is 5.74. The summed E-state index contributed by atoms with van der Waals surface area (Å²) in [6, 6.07) is 2.26. The van der Waals surface area contributed by atoms with Crippen molar-refractivity contribution < 1.29 is 4.79 Å². The Bertz CT molecular complexity index is 479. The molecule has 2 N–H and O–H groups in total. The van der Waals surface area contributed by atoms with Crippen LogP contribution in [0.1, 0.15) is 27.8 Å². The van der Waals surface area contributed by atoms with Crippen molar-refractivity contribution in [2.24, 2.45) is 0 Å². The maximum Gasteiger partial charge on any atom is 0.317 e. The smallest absolute Gasteiger partial charge is 0.317 e. The summed E-state index contributed by atoms with van der Waals surface area (Å²) in [7, 11) is 0. The fourth-order valence-electron chi connectivity index (χ4n) is 2.71. The summed E-state index contributed by atoms with van der Waals surface area (Å²) in [6.07, 6.45) is 0. The molecule has 2 amide bonds. The van der Waals surface area contributed by atoms with Gasteiger partial charge in [0.15, 0.2) is 0 Å². The Hall–Kier alpha value is -1.55. The van der Waals surface area contributed by atoms with Crippen LogP contribution in [0.2, 0.25) is 0 Å². The average Bonchev–Trinajstić information content (AvgIpc) is 2.46. The van der Waals surface area contributed by atoms with Crippen molar-refractivity contribution in [2.45, 2.75) is 34.2 Å². The maximum absolute atomic E-state index is 12.2. The molecule has 110 valence electrons. The average molecular weight is 275 g/mol. The molecule has 1 aromatic carbocycles. The van der Waals surface area contributed by atoms with Gasteiger partial charge in [-0.15, -0.1) is 0 Å². The summed E-state index contributed by atoms with van der Waals surface area (Å²) in [5, 5.41) is 6.32. The van der Waals surface area contributed by atoms with Crippen molar-refractivity contribution in [3.8, 4) is 0 Å². The summed E-state index contributed by atoms with van der Waals surface area (Å²) in [6.45, 7) is 12.5. The van der Waals surface area contributed by atoms with Crippen LogP contribution in [0.4, 0.5) is 4.79 Å². The molecule has 1 aliphatic heterocycles. The second-order valence-corrected chi connectivity index (χ2v) is 5.63. The van der Waals surface area contributed by atoms with Gasteiger partial charge in [0, 0.05) is 32.7 Å². The first kappa shape index (κ1) is 14.9. The molecule has 0 atom stereocenters. The second kappa shape index (κ2) is 6.27. The first-order valence-electron chi connectivity index (χ1n) is 7.30. The van der Waals surface area contributed by atoms with Crippen LogP contribution < -0.4 is 10.6 Å². The molecule has 0 saturated carbocycles. The van der Waals surface area contributed by atoms with Crippen molar-refractivity contribution in [3.63, 3.8) is 0 Å². The van der Waals surface area contributed by atoms with Gasteiger partial charge in [0.25, 0.3) is 0 Å². The van der Waals surface area contributed by atoms with Crippen molar-refractivity contribution in [1.29, 1.82) is 0 Å². The van der Waals surface area contributed by atoms with E-state index in [0.29, 0.717) is 6.54 Å². The third kappa shape index (κ3) is 3.12. The Balaban J connectivity index is 2.05. The first-order chi connectivity index (χ1) is 9.50. The van der Waals surface area contributed by atoms with E-state index in [2.05, 4.69) is 44.4 Å². The fraction of sp³-hybridized carbons (Fsp3) is 0.562. The van der Waals surface area contributed by atoms with E-state index in [1.807, 2.05) is 4.90 Å². The lowest BCUT2D eigenvalue weighted by Crippen LogP contribution is -2.50. The molecule has 1 fully saturated rings. The van der Waals surface area contributed by atoms with Crippen LogP contribution in [0.15, 0.2) is 6.07 Å². The van der Waals surface area contributed by atoms with Gasteiger partial charge in [0.05, 0.1) is 0 Å². The van der Waals surface area contributed by atoms with E-state index in [1.54, 1.807) is 0 Å². The molecule has 1 aromatic rings. The first-order valence-corrected chi connectivity index (χ1v) is 7.30. The number of nitrogens with one attached hydrogen (secondary N) is 2. The lowest BCUT2D eigenvalue weighted by molar-refractivity contribution is 0.189. The van der Waals surface area contributed by atoms with Crippen LogP contribution in [0, 0.1) is 27.7 Å².